The monoisotopic (exact) mass is 252 g/mol. The van der Waals surface area contributed by atoms with Gasteiger partial charge in [0, 0.05) is 5.97 Å². The molecule has 0 unspecified atom stereocenters. The molecule has 0 spiro atoms. The Morgan fingerprint density at radius 3 is 2.25 bits per heavy atom. The molecule has 0 saturated carbocycles. The molecule has 0 aliphatic heterocycles. The van der Waals surface area contributed by atoms with E-state index < -0.39 is 5.97 Å². The Hall–Kier alpha value is 1.84. The molecule has 0 bridgehead atoms. The number of aliphatic carboxylic acids is 1. The van der Waals surface area contributed by atoms with E-state index in [0.29, 0.717) is 0 Å². The molecule has 0 fully saturated rings. The van der Waals surface area contributed by atoms with Crippen LogP contribution in [0, 0.1) is 0 Å². The van der Waals surface area contributed by atoms with Crippen molar-refractivity contribution in [3.8, 4) is 0 Å². The van der Waals surface area contributed by atoms with Gasteiger partial charge < -0.3 is 9.90 Å². The maximum Gasteiger partial charge on any atom is 1.00 e. The van der Waals surface area contributed by atoms with Gasteiger partial charge in [0.1, 0.15) is 0 Å². The average Bonchev–Trinajstić information content (AvgIpc) is 1.61. The van der Waals surface area contributed by atoms with Gasteiger partial charge in [-0.1, -0.05) is 22.6 Å². The summed E-state index contributed by atoms with van der Waals surface area (Å²) in [6.45, 7) is 0. The van der Waals surface area contributed by atoms with E-state index in [1.165, 1.54) is 0 Å². The number of halogens is 1. The number of carboxylic acids is 1. The molecule has 4 heteroatoms. The van der Waals surface area contributed by atoms with E-state index in [4.69, 9.17) is 0 Å². The Morgan fingerprint density at radius 1 is 1.62 bits per heavy atom. The predicted octanol–water partition coefficient (Wildman–Crippen LogP) is -3.04. The molecule has 42 valence electrons. The molecule has 0 atom stereocenters. The second kappa shape index (κ2) is 8.84. The van der Waals surface area contributed by atoms with Crippen molar-refractivity contribution in [1.82, 2.24) is 0 Å². The smallest absolute Gasteiger partial charge is 0.550 e. The van der Waals surface area contributed by atoms with Gasteiger partial charge in [0.15, 0.2) is 0 Å². The third-order valence-corrected chi connectivity index (χ3v) is 1.28. The van der Waals surface area contributed by atoms with E-state index in [2.05, 4.69) is 22.6 Å². The second-order valence-corrected chi connectivity index (χ2v) is 2.24. The summed E-state index contributed by atoms with van der Waals surface area (Å²) in [5.74, 6) is -0.948. The Bertz CT molecular complexity index is 67.1. The number of hydrogen-bond acceptors (Lipinski definition) is 2. The van der Waals surface area contributed by atoms with Crippen molar-refractivity contribution in [2.75, 3.05) is 4.43 Å². The van der Waals surface area contributed by atoms with Crippen molar-refractivity contribution < 1.29 is 61.3 Å². The maximum atomic E-state index is 9.64. The molecule has 0 heterocycles. The first-order valence-electron chi connectivity index (χ1n) is 2.03. The van der Waals surface area contributed by atoms with E-state index >= 15 is 0 Å². The fourth-order valence-electron chi connectivity index (χ4n) is 0.211. The van der Waals surface area contributed by atoms with E-state index in [1.807, 2.05) is 0 Å². The van der Waals surface area contributed by atoms with E-state index in [9.17, 15) is 9.90 Å². The molecule has 0 rings (SSSR count). The van der Waals surface area contributed by atoms with Crippen LogP contribution in [0.3, 0.4) is 0 Å². The van der Waals surface area contributed by atoms with Crippen LogP contribution in [0.2, 0.25) is 0 Å². The molecule has 2 nitrogen and oxygen atoms in total. The zero-order valence-corrected chi connectivity index (χ0v) is 10.1. The standard InChI is InChI=1S/C4H7IO2.K/c5-3-1-2-4(6)7;/h1-3H2,(H,6,7);/q;+1/p-1. The molecule has 0 aliphatic rings. The molecule has 0 saturated heterocycles. The van der Waals surface area contributed by atoms with Crippen molar-refractivity contribution in [3.05, 3.63) is 0 Å². The molecular weight excluding hydrogens is 246 g/mol. The van der Waals surface area contributed by atoms with Crippen molar-refractivity contribution >= 4 is 28.6 Å². The number of alkyl halides is 1. The summed E-state index contributed by atoms with van der Waals surface area (Å²) in [5.41, 5.74) is 0. The second-order valence-electron chi connectivity index (χ2n) is 1.16. The van der Waals surface area contributed by atoms with Gasteiger partial charge >= 0.3 is 51.4 Å². The summed E-state index contributed by atoms with van der Waals surface area (Å²) >= 11 is 2.13. The van der Waals surface area contributed by atoms with Crippen LogP contribution in [0.1, 0.15) is 12.8 Å². The van der Waals surface area contributed by atoms with Crippen LogP contribution < -0.4 is 56.5 Å². The fourth-order valence-corrected chi connectivity index (χ4v) is 0.593. The quantitative estimate of drug-likeness (QED) is 0.304. The SMILES string of the molecule is O=C([O-])CCCI.[K+]. The van der Waals surface area contributed by atoms with Crippen LogP contribution in [0.25, 0.3) is 0 Å². The minimum Gasteiger partial charge on any atom is -0.550 e. The van der Waals surface area contributed by atoms with Crippen molar-refractivity contribution in [3.63, 3.8) is 0 Å². The first kappa shape index (κ1) is 12.5. The molecule has 0 aromatic rings. The first-order chi connectivity index (χ1) is 3.27. The average molecular weight is 252 g/mol. The zero-order valence-electron chi connectivity index (χ0n) is 4.82. The number of carboxylic acid groups (broad SMARTS) is 1. The number of carbonyl (C=O) groups is 1. The van der Waals surface area contributed by atoms with Crippen LogP contribution in [-0.4, -0.2) is 10.4 Å². The van der Waals surface area contributed by atoms with Crippen molar-refractivity contribution in [2.24, 2.45) is 0 Å². The van der Waals surface area contributed by atoms with Crippen LogP contribution in [0.15, 0.2) is 0 Å². The van der Waals surface area contributed by atoms with Crippen LogP contribution >= 0.6 is 22.6 Å². The Labute approximate surface area is 105 Å². The number of hydrogen-bond donors (Lipinski definition) is 0. The van der Waals surface area contributed by atoms with Crippen molar-refractivity contribution in [2.45, 2.75) is 12.8 Å². The number of rotatable bonds is 3. The maximum absolute atomic E-state index is 9.64. The molecule has 0 aliphatic carbocycles. The van der Waals surface area contributed by atoms with Crippen LogP contribution in [0.4, 0.5) is 0 Å². The molecular formula is C4H6IKO2. The van der Waals surface area contributed by atoms with Crippen LogP contribution in [-0.2, 0) is 4.79 Å². The molecule has 0 N–H and O–H groups in total. The minimum atomic E-state index is -0.948. The molecule has 0 radical (unpaired) electrons. The first-order valence-corrected chi connectivity index (χ1v) is 3.55. The fraction of sp³-hybridized carbons (Fsp3) is 0.750. The third-order valence-electron chi connectivity index (χ3n) is 0.515. The zero-order chi connectivity index (χ0) is 5.70. The van der Waals surface area contributed by atoms with E-state index in [1.54, 1.807) is 0 Å². The Morgan fingerprint density at radius 2 is 2.12 bits per heavy atom. The van der Waals surface area contributed by atoms with Gasteiger partial charge in [-0.25, -0.2) is 0 Å². The van der Waals surface area contributed by atoms with Gasteiger partial charge in [0.05, 0.1) is 0 Å². The third kappa shape index (κ3) is 10.8. The Kier molecular flexibility index (Phi) is 13.8. The van der Waals surface area contributed by atoms with Gasteiger partial charge in [0.25, 0.3) is 0 Å². The van der Waals surface area contributed by atoms with Crippen molar-refractivity contribution in [1.29, 1.82) is 0 Å². The summed E-state index contributed by atoms with van der Waals surface area (Å²) in [6, 6.07) is 0. The van der Waals surface area contributed by atoms with Gasteiger partial charge in [-0.2, -0.15) is 0 Å². The molecule has 0 aromatic carbocycles. The summed E-state index contributed by atoms with van der Waals surface area (Å²) in [7, 11) is 0. The summed E-state index contributed by atoms with van der Waals surface area (Å²) in [5, 5.41) is 9.64. The van der Waals surface area contributed by atoms with E-state index in [-0.39, 0.29) is 57.8 Å². The predicted molar refractivity (Wildman–Crippen MR) is 33.1 cm³/mol. The normalized spacial score (nSPS) is 7.62. The van der Waals surface area contributed by atoms with Gasteiger partial charge in [-0.05, 0) is 17.3 Å². The summed E-state index contributed by atoms with van der Waals surface area (Å²) in [4.78, 5) is 9.64. The van der Waals surface area contributed by atoms with E-state index in [0.717, 1.165) is 10.8 Å². The largest absolute Gasteiger partial charge is 1.00 e. The summed E-state index contributed by atoms with van der Waals surface area (Å²) < 4.78 is 0.895. The van der Waals surface area contributed by atoms with Crippen LogP contribution in [0.5, 0.6) is 0 Å². The molecule has 0 aromatic heterocycles. The Balaban J connectivity index is 0. The van der Waals surface area contributed by atoms with Gasteiger partial charge in [-0.3, -0.25) is 0 Å². The molecule has 8 heavy (non-hydrogen) atoms. The molecule has 0 amide bonds. The topological polar surface area (TPSA) is 40.1 Å². The van der Waals surface area contributed by atoms with Gasteiger partial charge in [0.2, 0.25) is 0 Å². The minimum absolute atomic E-state index is 0. The van der Waals surface area contributed by atoms with Gasteiger partial charge in [-0.15, -0.1) is 0 Å². The summed E-state index contributed by atoms with van der Waals surface area (Å²) in [6.07, 6.45) is 0.922. The number of carbonyl (C=O) groups excluding carboxylic acids is 1.